The van der Waals surface area contributed by atoms with Crippen molar-refractivity contribution in [3.63, 3.8) is 0 Å². The highest BCUT2D eigenvalue weighted by Crippen LogP contribution is 2.61. The number of carbonyl (C=O) groups is 2. The van der Waals surface area contributed by atoms with Crippen molar-refractivity contribution < 1.29 is 19.8 Å². The third kappa shape index (κ3) is 2.34. The second-order valence-electron chi connectivity index (χ2n) is 6.17. The molecule has 0 aromatic rings. The van der Waals surface area contributed by atoms with E-state index in [9.17, 15) is 14.7 Å². The van der Waals surface area contributed by atoms with Crippen LogP contribution < -0.4 is 0 Å². The number of Topliss-reactive ketones (excluding diaryl/α,β-unsaturated/α-hetero) is 1. The maximum atomic E-state index is 11.4. The van der Waals surface area contributed by atoms with Gasteiger partial charge in [0.15, 0.2) is 5.78 Å². The van der Waals surface area contributed by atoms with E-state index in [0.717, 1.165) is 6.42 Å². The van der Waals surface area contributed by atoms with E-state index in [0.29, 0.717) is 12.3 Å². The number of carboxylic acids is 1. The topological polar surface area (TPSA) is 74.6 Å². The number of rotatable bonds is 1. The van der Waals surface area contributed by atoms with Gasteiger partial charge in [0.2, 0.25) is 0 Å². The van der Waals surface area contributed by atoms with Gasteiger partial charge in [-0.2, -0.15) is 0 Å². The molecule has 4 nitrogen and oxygen atoms in total. The normalized spacial score (nSPS) is 35.9. The van der Waals surface area contributed by atoms with Gasteiger partial charge in [-0.25, -0.2) is 4.79 Å². The monoisotopic (exact) mass is 254 g/mol. The summed E-state index contributed by atoms with van der Waals surface area (Å²) in [5.41, 5.74) is -0.689. The van der Waals surface area contributed by atoms with Gasteiger partial charge in [-0.3, -0.25) is 4.79 Å². The molecule has 0 saturated heterocycles. The van der Waals surface area contributed by atoms with Crippen LogP contribution in [0.1, 0.15) is 40.5 Å². The lowest BCUT2D eigenvalue weighted by molar-refractivity contribution is -0.196. The van der Waals surface area contributed by atoms with Gasteiger partial charge in [-0.05, 0) is 31.6 Å². The van der Waals surface area contributed by atoms with E-state index in [1.165, 1.54) is 6.92 Å². The second kappa shape index (κ2) is 4.50. The fraction of sp³-hybridized carbons (Fsp3) is 0.714. The van der Waals surface area contributed by atoms with Gasteiger partial charge >= 0.3 is 5.97 Å². The molecular formula is C14H22O4. The minimum Gasteiger partial charge on any atom is -0.478 e. The smallest absolute Gasteiger partial charge is 0.330 e. The number of hydrogen-bond donors (Lipinski definition) is 2. The first-order chi connectivity index (χ1) is 8.01. The molecular weight excluding hydrogens is 232 g/mol. The SMILES string of the molecule is C=C(C)C(=O)O.CC1(O)C(=O)CC2CC1C2(C)C. The average Bonchev–Trinajstić information content (AvgIpc) is 2.21. The zero-order valence-electron chi connectivity index (χ0n) is 11.5. The summed E-state index contributed by atoms with van der Waals surface area (Å²) in [5.74, 6) is -0.176. The van der Waals surface area contributed by atoms with Crippen LogP contribution in [0.25, 0.3) is 0 Å². The third-order valence-electron chi connectivity index (χ3n) is 4.51. The van der Waals surface area contributed by atoms with Crippen LogP contribution in [0.2, 0.25) is 0 Å². The summed E-state index contributed by atoms with van der Waals surface area (Å²) < 4.78 is 0. The molecule has 0 aromatic heterocycles. The summed E-state index contributed by atoms with van der Waals surface area (Å²) in [6.45, 7) is 10.6. The van der Waals surface area contributed by atoms with Gasteiger partial charge in [0, 0.05) is 17.9 Å². The maximum absolute atomic E-state index is 11.4. The van der Waals surface area contributed by atoms with Gasteiger partial charge in [0.25, 0.3) is 0 Å². The lowest BCUT2D eigenvalue weighted by Gasteiger charge is -2.61. The molecule has 3 aliphatic carbocycles. The van der Waals surface area contributed by atoms with E-state index in [1.807, 2.05) is 0 Å². The van der Waals surface area contributed by atoms with Gasteiger partial charge in [0.05, 0.1) is 0 Å². The lowest BCUT2D eigenvalue weighted by Crippen LogP contribution is -2.64. The summed E-state index contributed by atoms with van der Waals surface area (Å²) in [5, 5.41) is 17.8. The Labute approximate surface area is 108 Å². The molecule has 0 heterocycles. The average molecular weight is 254 g/mol. The number of aliphatic carboxylic acids is 1. The van der Waals surface area contributed by atoms with Crippen molar-refractivity contribution >= 4 is 11.8 Å². The van der Waals surface area contributed by atoms with Crippen LogP contribution >= 0.6 is 0 Å². The Bertz CT molecular complexity index is 381. The van der Waals surface area contributed by atoms with Crippen LogP contribution in [0.5, 0.6) is 0 Å². The van der Waals surface area contributed by atoms with Crippen molar-refractivity contribution in [2.45, 2.75) is 46.1 Å². The molecule has 3 fully saturated rings. The van der Waals surface area contributed by atoms with Crippen LogP contribution in [0.4, 0.5) is 0 Å². The van der Waals surface area contributed by atoms with Crippen LogP contribution in [0.15, 0.2) is 12.2 Å². The van der Waals surface area contributed by atoms with Gasteiger partial charge in [0.1, 0.15) is 5.60 Å². The van der Waals surface area contributed by atoms with Crippen LogP contribution in [-0.2, 0) is 9.59 Å². The molecule has 3 atom stereocenters. The minimum atomic E-state index is -1.04. The number of aliphatic hydroxyl groups is 1. The van der Waals surface area contributed by atoms with Crippen LogP contribution in [-0.4, -0.2) is 27.6 Å². The van der Waals surface area contributed by atoms with E-state index < -0.39 is 11.6 Å². The van der Waals surface area contributed by atoms with E-state index in [2.05, 4.69) is 20.4 Å². The van der Waals surface area contributed by atoms with Crippen molar-refractivity contribution in [2.24, 2.45) is 17.3 Å². The van der Waals surface area contributed by atoms with Crippen molar-refractivity contribution in [3.05, 3.63) is 12.2 Å². The molecule has 3 rings (SSSR count). The highest BCUT2D eigenvalue weighted by molar-refractivity contribution is 5.89. The lowest BCUT2D eigenvalue weighted by atomic mass is 9.44. The summed E-state index contributed by atoms with van der Waals surface area (Å²) >= 11 is 0. The zero-order valence-corrected chi connectivity index (χ0v) is 11.5. The molecule has 0 radical (unpaired) electrons. The van der Waals surface area contributed by atoms with Gasteiger partial charge < -0.3 is 10.2 Å². The van der Waals surface area contributed by atoms with Crippen LogP contribution in [0, 0.1) is 17.3 Å². The molecule has 3 saturated carbocycles. The highest BCUT2D eigenvalue weighted by Gasteiger charge is 2.62. The fourth-order valence-electron chi connectivity index (χ4n) is 2.94. The first-order valence-corrected chi connectivity index (χ1v) is 6.15. The Kier molecular flexibility index (Phi) is 3.73. The Balaban J connectivity index is 0.000000232. The van der Waals surface area contributed by atoms with E-state index >= 15 is 0 Å². The summed E-state index contributed by atoms with van der Waals surface area (Å²) in [6, 6.07) is 0. The molecule has 102 valence electrons. The number of carbonyl (C=O) groups excluding carboxylic acids is 1. The Morgan fingerprint density at radius 3 is 2.06 bits per heavy atom. The molecule has 3 aliphatic rings. The molecule has 0 spiro atoms. The highest BCUT2D eigenvalue weighted by atomic mass is 16.4. The molecule has 2 N–H and O–H groups in total. The largest absolute Gasteiger partial charge is 0.478 e. The van der Waals surface area contributed by atoms with Crippen molar-refractivity contribution in [1.29, 1.82) is 0 Å². The predicted octanol–water partition coefficient (Wildman–Crippen LogP) is 2.02. The van der Waals surface area contributed by atoms with Crippen molar-refractivity contribution in [1.82, 2.24) is 0 Å². The fourth-order valence-corrected chi connectivity index (χ4v) is 2.94. The molecule has 0 amide bonds. The zero-order chi connectivity index (χ0) is 14.3. The molecule has 4 heteroatoms. The molecule has 0 aromatic carbocycles. The summed E-state index contributed by atoms with van der Waals surface area (Å²) in [4.78, 5) is 21.0. The van der Waals surface area contributed by atoms with E-state index in [-0.39, 0.29) is 22.7 Å². The summed E-state index contributed by atoms with van der Waals surface area (Å²) in [6.07, 6.45) is 1.61. The summed E-state index contributed by atoms with van der Waals surface area (Å²) in [7, 11) is 0. The Morgan fingerprint density at radius 2 is 1.83 bits per heavy atom. The van der Waals surface area contributed by atoms with E-state index in [1.54, 1.807) is 6.92 Å². The van der Waals surface area contributed by atoms with Gasteiger partial charge in [-0.15, -0.1) is 0 Å². The Morgan fingerprint density at radius 1 is 1.39 bits per heavy atom. The molecule has 0 aliphatic heterocycles. The Hall–Kier alpha value is -1.16. The first-order valence-electron chi connectivity index (χ1n) is 6.15. The van der Waals surface area contributed by atoms with Gasteiger partial charge in [-0.1, -0.05) is 20.4 Å². The quantitative estimate of drug-likeness (QED) is 0.702. The van der Waals surface area contributed by atoms with Crippen molar-refractivity contribution in [3.8, 4) is 0 Å². The predicted molar refractivity (Wildman–Crippen MR) is 68.1 cm³/mol. The number of carboxylic acid groups (broad SMARTS) is 1. The number of fused-ring (bicyclic) bond motifs is 2. The second-order valence-corrected chi connectivity index (χ2v) is 6.17. The molecule has 3 unspecified atom stereocenters. The maximum Gasteiger partial charge on any atom is 0.330 e. The molecule has 18 heavy (non-hydrogen) atoms. The number of hydrogen-bond acceptors (Lipinski definition) is 3. The van der Waals surface area contributed by atoms with Crippen LogP contribution in [0.3, 0.4) is 0 Å². The standard InChI is InChI=1S/C10H16O2.C4H6O2/c1-9(2)6-4-7(9)10(3,12)8(11)5-6;1-3(2)4(5)6/h6-7,12H,4-5H2,1-3H3;1H2,2H3,(H,5,6). The first kappa shape index (κ1) is 14.9. The minimum absolute atomic E-state index is 0.0445. The number of ketones is 1. The third-order valence-corrected chi connectivity index (χ3v) is 4.51. The molecule has 2 bridgehead atoms. The van der Waals surface area contributed by atoms with Crippen molar-refractivity contribution in [2.75, 3.05) is 0 Å². The van der Waals surface area contributed by atoms with E-state index in [4.69, 9.17) is 5.11 Å².